The minimum Gasteiger partial charge on any atom is -0.451 e. The summed E-state index contributed by atoms with van der Waals surface area (Å²) in [6.07, 6.45) is 1.71. The SMILES string of the molecule is Cn1ccc(NC(=O)c2ccc(-c3ccc([N+](=O)[O-])cc3)o2)n1. The quantitative estimate of drug-likeness (QED) is 0.589. The van der Waals surface area contributed by atoms with Crippen molar-refractivity contribution in [2.75, 3.05) is 5.32 Å². The van der Waals surface area contributed by atoms with Gasteiger partial charge in [-0.25, -0.2) is 0 Å². The van der Waals surface area contributed by atoms with Crippen LogP contribution in [0.4, 0.5) is 11.5 Å². The number of furan rings is 1. The average Bonchev–Trinajstić information content (AvgIpc) is 3.16. The summed E-state index contributed by atoms with van der Waals surface area (Å²) in [5, 5.41) is 17.3. The van der Waals surface area contributed by atoms with Crippen LogP contribution in [-0.4, -0.2) is 20.6 Å². The highest BCUT2D eigenvalue weighted by Crippen LogP contribution is 2.24. The van der Waals surface area contributed by atoms with Crippen LogP contribution in [-0.2, 0) is 7.05 Å². The van der Waals surface area contributed by atoms with E-state index in [-0.39, 0.29) is 11.4 Å². The molecule has 0 radical (unpaired) electrons. The van der Waals surface area contributed by atoms with Crippen LogP contribution < -0.4 is 5.32 Å². The minimum atomic E-state index is -0.475. The molecule has 0 aliphatic rings. The number of amides is 1. The first-order valence-electron chi connectivity index (χ1n) is 6.68. The van der Waals surface area contributed by atoms with Gasteiger partial charge in [-0.05, 0) is 24.3 Å². The smallest absolute Gasteiger partial charge is 0.292 e. The highest BCUT2D eigenvalue weighted by molar-refractivity contribution is 6.02. The number of nitrogens with one attached hydrogen (secondary N) is 1. The van der Waals surface area contributed by atoms with Gasteiger partial charge in [0, 0.05) is 37.0 Å². The largest absolute Gasteiger partial charge is 0.451 e. The number of nitro groups is 1. The molecular formula is C15H12N4O4. The zero-order valence-corrected chi connectivity index (χ0v) is 12.1. The monoisotopic (exact) mass is 312 g/mol. The van der Waals surface area contributed by atoms with Crippen molar-refractivity contribution in [2.45, 2.75) is 0 Å². The normalized spacial score (nSPS) is 10.5. The molecule has 1 aromatic carbocycles. The molecule has 1 N–H and O–H groups in total. The summed E-state index contributed by atoms with van der Waals surface area (Å²) in [5.74, 6) is 0.581. The van der Waals surface area contributed by atoms with Crippen LogP contribution in [0, 0.1) is 10.1 Å². The van der Waals surface area contributed by atoms with Crippen molar-refractivity contribution < 1.29 is 14.1 Å². The Hall–Kier alpha value is -3.42. The van der Waals surface area contributed by atoms with Gasteiger partial charge in [-0.15, -0.1) is 0 Å². The number of hydrogen-bond donors (Lipinski definition) is 1. The number of aryl methyl sites for hydroxylation is 1. The molecule has 2 aromatic heterocycles. The Labute approximate surface area is 130 Å². The number of benzene rings is 1. The summed E-state index contributed by atoms with van der Waals surface area (Å²) >= 11 is 0. The molecule has 3 aromatic rings. The summed E-state index contributed by atoms with van der Waals surface area (Å²) < 4.78 is 7.06. The van der Waals surface area contributed by atoms with Crippen molar-refractivity contribution >= 4 is 17.4 Å². The molecule has 0 saturated heterocycles. The molecule has 8 nitrogen and oxygen atoms in total. The van der Waals surface area contributed by atoms with Gasteiger partial charge in [0.1, 0.15) is 5.76 Å². The standard InChI is InChI=1S/C15H12N4O4/c1-18-9-8-14(17-18)16-15(20)13-7-6-12(23-13)10-2-4-11(5-3-10)19(21)22/h2-9H,1H3,(H,16,17,20). The average molecular weight is 312 g/mol. The zero-order chi connectivity index (χ0) is 16.4. The van der Waals surface area contributed by atoms with Gasteiger partial charge >= 0.3 is 0 Å². The fourth-order valence-electron chi connectivity index (χ4n) is 2.02. The third kappa shape index (κ3) is 3.10. The molecule has 23 heavy (non-hydrogen) atoms. The fourth-order valence-corrected chi connectivity index (χ4v) is 2.02. The van der Waals surface area contributed by atoms with Gasteiger partial charge in [-0.3, -0.25) is 19.6 Å². The van der Waals surface area contributed by atoms with Crippen LogP contribution in [0.1, 0.15) is 10.6 Å². The van der Waals surface area contributed by atoms with E-state index in [4.69, 9.17) is 4.42 Å². The molecule has 3 rings (SSSR count). The van der Waals surface area contributed by atoms with Gasteiger partial charge in [0.2, 0.25) is 0 Å². The van der Waals surface area contributed by atoms with Crippen molar-refractivity contribution in [1.82, 2.24) is 9.78 Å². The van der Waals surface area contributed by atoms with E-state index < -0.39 is 10.8 Å². The second-order valence-corrected chi connectivity index (χ2v) is 4.80. The highest BCUT2D eigenvalue weighted by Gasteiger charge is 2.14. The number of nitrogens with zero attached hydrogens (tertiary/aromatic N) is 3. The molecule has 0 aliphatic carbocycles. The Morgan fingerprint density at radius 3 is 2.57 bits per heavy atom. The number of carbonyl (C=O) groups excluding carboxylic acids is 1. The van der Waals surface area contributed by atoms with Crippen LogP contribution in [0.3, 0.4) is 0 Å². The summed E-state index contributed by atoms with van der Waals surface area (Å²) in [4.78, 5) is 22.2. The zero-order valence-electron chi connectivity index (χ0n) is 12.1. The van der Waals surface area contributed by atoms with Gasteiger partial charge in [0.15, 0.2) is 11.6 Å². The summed E-state index contributed by atoms with van der Waals surface area (Å²) in [7, 11) is 1.75. The van der Waals surface area contributed by atoms with Crippen LogP contribution in [0.5, 0.6) is 0 Å². The summed E-state index contributed by atoms with van der Waals surface area (Å²) in [6.45, 7) is 0. The van der Waals surface area contributed by atoms with Crippen LogP contribution in [0.15, 0.2) is 53.1 Å². The predicted molar refractivity (Wildman–Crippen MR) is 82.0 cm³/mol. The molecule has 0 atom stereocenters. The molecule has 8 heteroatoms. The number of non-ortho nitro benzene ring substituents is 1. The highest BCUT2D eigenvalue weighted by atomic mass is 16.6. The van der Waals surface area contributed by atoms with Gasteiger partial charge < -0.3 is 9.73 Å². The first-order valence-corrected chi connectivity index (χ1v) is 6.68. The second kappa shape index (κ2) is 5.76. The lowest BCUT2D eigenvalue weighted by molar-refractivity contribution is -0.384. The Balaban J connectivity index is 1.77. The number of carbonyl (C=O) groups is 1. The molecule has 0 bridgehead atoms. The van der Waals surface area contributed by atoms with Gasteiger partial charge in [-0.2, -0.15) is 5.10 Å². The van der Waals surface area contributed by atoms with Crippen LogP contribution in [0.25, 0.3) is 11.3 Å². The van der Waals surface area contributed by atoms with E-state index in [1.807, 2.05) is 0 Å². The van der Waals surface area contributed by atoms with Gasteiger partial charge in [0.25, 0.3) is 11.6 Å². The van der Waals surface area contributed by atoms with Crippen molar-refractivity contribution in [3.05, 3.63) is 64.5 Å². The van der Waals surface area contributed by atoms with Gasteiger partial charge in [-0.1, -0.05) is 0 Å². The van der Waals surface area contributed by atoms with Crippen molar-refractivity contribution in [3.8, 4) is 11.3 Å². The third-order valence-electron chi connectivity index (χ3n) is 3.15. The first-order chi connectivity index (χ1) is 11.0. The van der Waals surface area contributed by atoms with E-state index >= 15 is 0 Å². The van der Waals surface area contributed by atoms with Crippen molar-refractivity contribution in [1.29, 1.82) is 0 Å². The van der Waals surface area contributed by atoms with E-state index in [0.717, 1.165) is 0 Å². The molecule has 0 fully saturated rings. The molecule has 0 spiro atoms. The lowest BCUT2D eigenvalue weighted by Gasteiger charge is -1.99. The number of aromatic nitrogens is 2. The molecular weight excluding hydrogens is 300 g/mol. The molecule has 116 valence electrons. The Morgan fingerprint density at radius 1 is 1.22 bits per heavy atom. The van der Waals surface area contributed by atoms with Crippen molar-refractivity contribution in [2.24, 2.45) is 7.05 Å². The Kier molecular flexibility index (Phi) is 3.63. The molecule has 0 aliphatic heterocycles. The molecule has 0 saturated carbocycles. The van der Waals surface area contributed by atoms with Gasteiger partial charge in [0.05, 0.1) is 4.92 Å². The number of nitro benzene ring substituents is 1. The second-order valence-electron chi connectivity index (χ2n) is 4.80. The van der Waals surface area contributed by atoms with E-state index in [0.29, 0.717) is 17.1 Å². The number of anilines is 1. The van der Waals surface area contributed by atoms with E-state index in [2.05, 4.69) is 10.4 Å². The van der Waals surface area contributed by atoms with E-state index in [1.165, 1.54) is 18.2 Å². The van der Waals surface area contributed by atoms with Crippen LogP contribution in [0.2, 0.25) is 0 Å². The number of hydrogen-bond acceptors (Lipinski definition) is 5. The van der Waals surface area contributed by atoms with Crippen molar-refractivity contribution in [3.63, 3.8) is 0 Å². The topological polar surface area (TPSA) is 103 Å². The minimum absolute atomic E-state index is 0.00609. The van der Waals surface area contributed by atoms with E-state index in [1.54, 1.807) is 42.2 Å². The molecule has 0 unspecified atom stereocenters. The summed E-state index contributed by atoms with van der Waals surface area (Å²) in [6, 6.07) is 10.7. The Bertz CT molecular complexity index is 864. The van der Waals surface area contributed by atoms with Crippen LogP contribution >= 0.6 is 0 Å². The first kappa shape index (κ1) is 14.5. The maximum absolute atomic E-state index is 12.1. The maximum atomic E-state index is 12.1. The molecule has 1 amide bonds. The maximum Gasteiger partial charge on any atom is 0.292 e. The lowest BCUT2D eigenvalue weighted by Crippen LogP contribution is -2.11. The molecule has 2 heterocycles. The predicted octanol–water partition coefficient (Wildman–Crippen LogP) is 2.84. The lowest BCUT2D eigenvalue weighted by atomic mass is 10.1. The summed E-state index contributed by atoms with van der Waals surface area (Å²) in [5.41, 5.74) is 0.640. The third-order valence-corrected chi connectivity index (χ3v) is 3.15. The number of rotatable bonds is 4. The fraction of sp³-hybridized carbons (Fsp3) is 0.0667. The Morgan fingerprint density at radius 2 is 1.96 bits per heavy atom. The van der Waals surface area contributed by atoms with E-state index in [9.17, 15) is 14.9 Å².